The highest BCUT2D eigenvalue weighted by Crippen LogP contribution is 2.40. The van der Waals surface area contributed by atoms with E-state index >= 15 is 0 Å². The number of unbranched alkanes of at least 4 members (excludes halogenated alkanes) is 4. The fourth-order valence-corrected chi connectivity index (χ4v) is 9.38. The van der Waals surface area contributed by atoms with Crippen LogP contribution in [0.2, 0.25) is 0 Å². The van der Waals surface area contributed by atoms with Gasteiger partial charge in [0.2, 0.25) is 0 Å². The second-order valence-corrected chi connectivity index (χ2v) is 18.0. The minimum atomic E-state index is -0.368. The minimum absolute atomic E-state index is 0.166. The predicted octanol–water partition coefficient (Wildman–Crippen LogP) is 14.0. The van der Waals surface area contributed by atoms with Crippen LogP contribution in [0.3, 0.4) is 0 Å². The third kappa shape index (κ3) is 14.6. The van der Waals surface area contributed by atoms with E-state index < -0.39 is 0 Å². The third-order valence-electron chi connectivity index (χ3n) is 12.6. The fourth-order valence-electron chi connectivity index (χ4n) is 8.35. The van der Waals surface area contributed by atoms with Gasteiger partial charge in [-0.05, 0) is 171 Å². The number of esters is 2. The normalized spacial score (nSPS) is 15.4. The van der Waals surface area contributed by atoms with Crippen molar-refractivity contribution < 1.29 is 23.8 Å². The van der Waals surface area contributed by atoms with Gasteiger partial charge in [-0.15, -0.1) is 0 Å². The van der Waals surface area contributed by atoms with Crippen molar-refractivity contribution in [2.24, 2.45) is 11.3 Å². The van der Waals surface area contributed by atoms with E-state index in [1.54, 1.807) is 13.8 Å². The molecule has 1 saturated carbocycles. The molecule has 0 aromatic heterocycles. The summed E-state index contributed by atoms with van der Waals surface area (Å²) in [5.41, 5.74) is 10.6. The van der Waals surface area contributed by atoms with E-state index in [2.05, 4.69) is 88.5 Å². The lowest BCUT2D eigenvalue weighted by Crippen LogP contribution is -2.32. The Hall–Kier alpha value is -3.42. The van der Waals surface area contributed by atoms with Gasteiger partial charge in [0.05, 0.1) is 19.8 Å². The SMILES string of the molecule is C=C(C)C(=O)OCCCCCc1cc(-c2ccc(-c3ccc(C4CCC(CCCCC)CC4)cc3)cc2CC)cc(CCCOC(=O)C(=C)C)c1OCC(CC)(CS)CS. The van der Waals surface area contributed by atoms with Crippen LogP contribution in [0.5, 0.6) is 5.75 Å². The number of aryl methyl sites for hydroxylation is 3. The molecule has 0 bridgehead atoms. The molecule has 0 heterocycles. The van der Waals surface area contributed by atoms with Crippen molar-refractivity contribution in [1.29, 1.82) is 0 Å². The Morgan fingerprint density at radius 1 is 0.683 bits per heavy atom. The molecule has 4 rings (SSSR count). The van der Waals surface area contributed by atoms with Gasteiger partial charge in [-0.25, -0.2) is 9.59 Å². The van der Waals surface area contributed by atoms with Crippen LogP contribution in [0.15, 0.2) is 78.9 Å². The fraction of sp³-hybridized carbons (Fsp3) is 0.547. The number of rotatable bonds is 26. The highest BCUT2D eigenvalue weighted by atomic mass is 32.1. The van der Waals surface area contributed by atoms with Crippen molar-refractivity contribution >= 4 is 37.2 Å². The number of carbonyl (C=O) groups is 2. The Morgan fingerprint density at radius 2 is 1.27 bits per heavy atom. The van der Waals surface area contributed by atoms with Gasteiger partial charge in [-0.1, -0.05) is 102 Å². The number of hydrogen-bond donors (Lipinski definition) is 2. The molecule has 7 heteroatoms. The Morgan fingerprint density at radius 3 is 1.83 bits per heavy atom. The Bertz CT molecular complexity index is 1830. The van der Waals surface area contributed by atoms with Gasteiger partial charge in [0.15, 0.2) is 0 Å². The summed E-state index contributed by atoms with van der Waals surface area (Å²) < 4.78 is 17.8. The van der Waals surface area contributed by atoms with Crippen LogP contribution < -0.4 is 4.74 Å². The van der Waals surface area contributed by atoms with E-state index in [1.165, 1.54) is 79.2 Å². The molecule has 0 atom stereocenters. The smallest absolute Gasteiger partial charge is 0.333 e. The highest BCUT2D eigenvalue weighted by molar-refractivity contribution is 7.81. The molecule has 1 fully saturated rings. The number of hydrogen-bond acceptors (Lipinski definition) is 7. The standard InChI is InChI=1S/C53H74O5S2/c1-8-11-13-17-40-20-22-42(23-21-40)43-24-26-44(27-25-43)45-28-29-49(41(9-2)32-45)48-33-46(18-14-12-15-30-56-51(54)38(4)5)50(58-35-53(10-3,36-59)37-60)47(34-48)19-16-31-57-52(55)39(6)7/h24-29,32-34,40,42,59-60H,4,6,8-23,30-31,35-37H2,1-3,5,7H3. The van der Waals surface area contributed by atoms with Crippen LogP contribution >= 0.6 is 25.3 Å². The summed E-state index contributed by atoms with van der Waals surface area (Å²) in [6.45, 7) is 18.7. The van der Waals surface area contributed by atoms with Crippen LogP contribution in [0.1, 0.15) is 146 Å². The van der Waals surface area contributed by atoms with Gasteiger partial charge < -0.3 is 14.2 Å². The van der Waals surface area contributed by atoms with Crippen LogP contribution in [-0.4, -0.2) is 43.3 Å². The average Bonchev–Trinajstić information content (AvgIpc) is 3.27. The van der Waals surface area contributed by atoms with Crippen molar-refractivity contribution in [2.75, 3.05) is 31.3 Å². The molecular weight excluding hydrogens is 781 g/mol. The topological polar surface area (TPSA) is 61.8 Å². The van der Waals surface area contributed by atoms with Gasteiger partial charge in [0.1, 0.15) is 5.75 Å². The Kier molecular flexibility index (Phi) is 20.9. The first-order chi connectivity index (χ1) is 29.0. The van der Waals surface area contributed by atoms with E-state index in [4.69, 9.17) is 39.5 Å². The second-order valence-electron chi connectivity index (χ2n) is 17.4. The molecule has 60 heavy (non-hydrogen) atoms. The van der Waals surface area contributed by atoms with Crippen molar-refractivity contribution in [3.8, 4) is 28.0 Å². The number of carbonyl (C=O) groups excluding carboxylic acids is 2. The van der Waals surface area contributed by atoms with E-state index in [1.807, 2.05) is 0 Å². The van der Waals surface area contributed by atoms with Crippen molar-refractivity contribution in [1.82, 2.24) is 0 Å². The Labute approximate surface area is 374 Å². The van der Waals surface area contributed by atoms with E-state index in [9.17, 15) is 9.59 Å². The molecule has 3 aromatic carbocycles. The lowest BCUT2D eigenvalue weighted by Gasteiger charge is -2.30. The van der Waals surface area contributed by atoms with Crippen LogP contribution in [0.4, 0.5) is 0 Å². The van der Waals surface area contributed by atoms with Crippen LogP contribution in [-0.2, 0) is 38.3 Å². The summed E-state index contributed by atoms with van der Waals surface area (Å²) >= 11 is 9.44. The zero-order valence-electron chi connectivity index (χ0n) is 37.5. The summed E-state index contributed by atoms with van der Waals surface area (Å²) in [5.74, 6) is 3.13. The lowest BCUT2D eigenvalue weighted by atomic mass is 9.77. The quantitative estimate of drug-likeness (QED) is 0.0365. The van der Waals surface area contributed by atoms with Gasteiger partial charge in [-0.3, -0.25) is 0 Å². The minimum Gasteiger partial charge on any atom is -0.492 e. The van der Waals surface area contributed by atoms with E-state index in [-0.39, 0.29) is 17.4 Å². The number of ether oxygens (including phenoxy) is 3. The van der Waals surface area contributed by atoms with Crippen molar-refractivity contribution in [2.45, 2.75) is 143 Å². The molecule has 328 valence electrons. The van der Waals surface area contributed by atoms with E-state index in [0.717, 1.165) is 66.9 Å². The zero-order valence-corrected chi connectivity index (χ0v) is 39.3. The first kappa shape index (κ1) is 49.2. The maximum absolute atomic E-state index is 12.2. The van der Waals surface area contributed by atoms with E-state index in [0.29, 0.717) is 61.2 Å². The summed E-state index contributed by atoms with van der Waals surface area (Å²) in [7, 11) is 0. The average molecular weight is 855 g/mol. The Balaban J connectivity index is 1.63. The summed E-state index contributed by atoms with van der Waals surface area (Å²) in [6.07, 6.45) is 17.4. The molecule has 0 unspecified atom stereocenters. The number of thiol groups is 2. The molecule has 0 amide bonds. The molecule has 1 aliphatic rings. The second kappa shape index (κ2) is 25.5. The summed E-state index contributed by atoms with van der Waals surface area (Å²) in [4.78, 5) is 24.2. The molecule has 0 aliphatic heterocycles. The first-order valence-electron chi connectivity index (χ1n) is 22.9. The molecule has 1 aliphatic carbocycles. The molecule has 3 aromatic rings. The van der Waals surface area contributed by atoms with Gasteiger partial charge in [0.25, 0.3) is 0 Å². The van der Waals surface area contributed by atoms with Gasteiger partial charge >= 0.3 is 11.9 Å². The van der Waals surface area contributed by atoms with Crippen molar-refractivity contribution in [3.63, 3.8) is 0 Å². The number of benzene rings is 3. The third-order valence-corrected chi connectivity index (χ3v) is 13.9. The summed E-state index contributed by atoms with van der Waals surface area (Å²) in [5, 5.41) is 0. The first-order valence-corrected chi connectivity index (χ1v) is 24.1. The maximum atomic E-state index is 12.2. The molecular formula is C53H74O5S2. The molecule has 0 N–H and O–H groups in total. The summed E-state index contributed by atoms with van der Waals surface area (Å²) in [6, 6.07) is 20.9. The monoisotopic (exact) mass is 854 g/mol. The molecule has 0 radical (unpaired) electrons. The van der Waals surface area contributed by atoms with Gasteiger partial charge in [-0.2, -0.15) is 25.3 Å². The zero-order chi connectivity index (χ0) is 43.5. The van der Waals surface area contributed by atoms with Crippen LogP contribution in [0.25, 0.3) is 22.3 Å². The van der Waals surface area contributed by atoms with Gasteiger partial charge in [0, 0.05) is 16.6 Å². The molecule has 5 nitrogen and oxygen atoms in total. The predicted molar refractivity (Wildman–Crippen MR) is 259 cm³/mol. The maximum Gasteiger partial charge on any atom is 0.333 e. The molecule has 0 saturated heterocycles. The molecule has 0 spiro atoms. The van der Waals surface area contributed by atoms with Crippen LogP contribution in [0, 0.1) is 11.3 Å². The van der Waals surface area contributed by atoms with Crippen molar-refractivity contribution in [3.05, 3.63) is 101 Å². The largest absolute Gasteiger partial charge is 0.492 e. The highest BCUT2D eigenvalue weighted by Gasteiger charge is 2.28. The lowest BCUT2D eigenvalue weighted by molar-refractivity contribution is -0.139.